The molecule has 0 radical (unpaired) electrons. The molecule has 1 heterocycles. The Morgan fingerprint density at radius 1 is 1.20 bits per heavy atom. The van der Waals surface area contributed by atoms with Crippen molar-refractivity contribution in [2.45, 2.75) is 6.18 Å². The van der Waals surface area contributed by atoms with Gasteiger partial charge in [-0.3, -0.25) is 0 Å². The lowest BCUT2D eigenvalue weighted by molar-refractivity contribution is -0.137. The van der Waals surface area contributed by atoms with Crippen LogP contribution in [-0.4, -0.2) is 10.2 Å². The van der Waals surface area contributed by atoms with E-state index in [-0.39, 0.29) is 0 Å². The topological polar surface area (TPSA) is 25.8 Å². The van der Waals surface area contributed by atoms with Gasteiger partial charge in [-0.05, 0) is 34.1 Å². The Morgan fingerprint density at radius 3 is 2.60 bits per heavy atom. The molecule has 0 atom stereocenters. The summed E-state index contributed by atoms with van der Waals surface area (Å²) in [5, 5.41) is 7.75. The van der Waals surface area contributed by atoms with E-state index in [1.54, 1.807) is 0 Å². The number of hydrogen-bond donors (Lipinski definition) is 0. The lowest BCUT2D eigenvalue weighted by Gasteiger charge is -2.07. The zero-order valence-corrected chi connectivity index (χ0v) is 8.80. The molecule has 0 N–H and O–H groups in total. The van der Waals surface area contributed by atoms with Crippen molar-refractivity contribution in [2.24, 2.45) is 0 Å². The molecule has 2 aromatic rings. The third kappa shape index (κ3) is 1.94. The van der Waals surface area contributed by atoms with Gasteiger partial charge in [0, 0.05) is 9.86 Å². The van der Waals surface area contributed by atoms with Crippen molar-refractivity contribution in [3.8, 4) is 0 Å². The maximum Gasteiger partial charge on any atom is 0.416 e. The van der Waals surface area contributed by atoms with Crippen LogP contribution in [-0.2, 0) is 6.18 Å². The van der Waals surface area contributed by atoms with Gasteiger partial charge in [-0.15, -0.1) is 0 Å². The highest BCUT2D eigenvalue weighted by Gasteiger charge is 2.30. The first kappa shape index (κ1) is 10.4. The van der Waals surface area contributed by atoms with E-state index in [0.717, 1.165) is 12.1 Å². The maximum absolute atomic E-state index is 12.4. The highest BCUT2D eigenvalue weighted by atomic mass is 79.9. The third-order valence-electron chi connectivity index (χ3n) is 1.92. The summed E-state index contributed by atoms with van der Waals surface area (Å²) < 4.78 is 37.7. The molecule has 0 fully saturated rings. The monoisotopic (exact) mass is 276 g/mol. The zero-order valence-electron chi connectivity index (χ0n) is 7.22. The van der Waals surface area contributed by atoms with E-state index >= 15 is 0 Å². The fourth-order valence-electron chi connectivity index (χ4n) is 1.20. The van der Waals surface area contributed by atoms with Gasteiger partial charge in [0.05, 0.1) is 17.3 Å². The summed E-state index contributed by atoms with van der Waals surface area (Å²) >= 11 is 3.13. The number of alkyl halides is 3. The van der Waals surface area contributed by atoms with Crippen LogP contribution in [0.2, 0.25) is 0 Å². The fraction of sp³-hybridized carbons (Fsp3) is 0.111. The Labute approximate surface area is 91.2 Å². The van der Waals surface area contributed by atoms with Crippen molar-refractivity contribution < 1.29 is 13.2 Å². The molecule has 0 aliphatic heterocycles. The normalized spacial score (nSPS) is 12.0. The van der Waals surface area contributed by atoms with E-state index in [1.165, 1.54) is 12.3 Å². The number of nitrogens with zero attached hydrogens (tertiary/aromatic N) is 2. The molecule has 2 rings (SSSR count). The van der Waals surface area contributed by atoms with Gasteiger partial charge in [0.15, 0.2) is 0 Å². The average Bonchev–Trinajstić information content (AvgIpc) is 2.16. The Morgan fingerprint density at radius 2 is 1.93 bits per heavy atom. The van der Waals surface area contributed by atoms with Gasteiger partial charge in [0.25, 0.3) is 0 Å². The third-order valence-corrected chi connectivity index (χ3v) is 2.55. The quantitative estimate of drug-likeness (QED) is 0.737. The van der Waals surface area contributed by atoms with E-state index in [9.17, 15) is 13.2 Å². The van der Waals surface area contributed by atoms with Crippen molar-refractivity contribution in [3.05, 3.63) is 34.4 Å². The summed E-state index contributed by atoms with van der Waals surface area (Å²) in [7, 11) is 0. The SMILES string of the molecule is FC(F)(F)c1ccc2nncc(Br)c2c1. The van der Waals surface area contributed by atoms with E-state index in [2.05, 4.69) is 26.1 Å². The number of aromatic nitrogens is 2. The second-order valence-corrected chi connectivity index (χ2v) is 3.78. The molecule has 0 aliphatic rings. The minimum Gasteiger partial charge on any atom is -0.166 e. The first-order valence-electron chi connectivity index (χ1n) is 3.96. The van der Waals surface area contributed by atoms with Crippen LogP contribution < -0.4 is 0 Å². The summed E-state index contributed by atoms with van der Waals surface area (Å²) in [6, 6.07) is 3.34. The van der Waals surface area contributed by atoms with Gasteiger partial charge < -0.3 is 0 Å². The lowest BCUT2D eigenvalue weighted by Crippen LogP contribution is -2.04. The Balaban J connectivity index is 2.70. The van der Waals surface area contributed by atoms with Crippen LogP contribution in [0.25, 0.3) is 10.9 Å². The molecule has 1 aromatic carbocycles. The zero-order chi connectivity index (χ0) is 11.1. The summed E-state index contributed by atoms with van der Waals surface area (Å²) in [5.41, 5.74) is -0.263. The fourth-order valence-corrected chi connectivity index (χ4v) is 1.61. The molecule has 0 unspecified atom stereocenters. The number of hydrogen-bond acceptors (Lipinski definition) is 2. The second kappa shape index (κ2) is 3.44. The molecule has 0 bridgehead atoms. The molecule has 0 amide bonds. The lowest BCUT2D eigenvalue weighted by atomic mass is 10.1. The molecule has 2 nitrogen and oxygen atoms in total. The Kier molecular flexibility index (Phi) is 2.38. The standard InChI is InChI=1S/C9H4BrF3N2/c10-7-4-14-15-8-2-1-5(3-6(7)8)9(11,12)13/h1-4H. The molecule has 0 saturated carbocycles. The molecule has 6 heteroatoms. The largest absolute Gasteiger partial charge is 0.416 e. The molecule has 78 valence electrons. The molecule has 1 aromatic heterocycles. The first-order valence-corrected chi connectivity index (χ1v) is 4.76. The Hall–Kier alpha value is -1.17. The van der Waals surface area contributed by atoms with Crippen LogP contribution in [0.4, 0.5) is 13.2 Å². The van der Waals surface area contributed by atoms with Gasteiger partial charge in [-0.2, -0.15) is 23.4 Å². The highest BCUT2D eigenvalue weighted by molar-refractivity contribution is 9.10. The first-order chi connectivity index (χ1) is 6.98. The van der Waals surface area contributed by atoms with Gasteiger partial charge in [0.2, 0.25) is 0 Å². The summed E-state index contributed by atoms with van der Waals surface area (Å²) in [5.74, 6) is 0. The molecular weight excluding hydrogens is 273 g/mol. The van der Waals surface area contributed by atoms with Crippen molar-refractivity contribution in [1.82, 2.24) is 10.2 Å². The van der Waals surface area contributed by atoms with E-state index in [1.807, 2.05) is 0 Å². The predicted octanol–water partition coefficient (Wildman–Crippen LogP) is 3.41. The molecule has 0 aliphatic carbocycles. The van der Waals surface area contributed by atoms with Crippen LogP contribution in [0.15, 0.2) is 28.9 Å². The minimum absolute atomic E-state index is 0.403. The number of fused-ring (bicyclic) bond motifs is 1. The van der Waals surface area contributed by atoms with Gasteiger partial charge in [0.1, 0.15) is 0 Å². The van der Waals surface area contributed by atoms with E-state index in [0.29, 0.717) is 15.4 Å². The molecule has 0 saturated heterocycles. The van der Waals surface area contributed by atoms with E-state index < -0.39 is 11.7 Å². The second-order valence-electron chi connectivity index (χ2n) is 2.92. The smallest absolute Gasteiger partial charge is 0.166 e. The number of halogens is 4. The minimum atomic E-state index is -4.34. The average molecular weight is 277 g/mol. The molecule has 15 heavy (non-hydrogen) atoms. The highest BCUT2D eigenvalue weighted by Crippen LogP contribution is 2.32. The summed E-state index contributed by atoms with van der Waals surface area (Å²) in [6.45, 7) is 0. The predicted molar refractivity (Wildman–Crippen MR) is 52.2 cm³/mol. The van der Waals surface area contributed by atoms with Gasteiger partial charge in [-0.25, -0.2) is 0 Å². The summed E-state index contributed by atoms with van der Waals surface area (Å²) in [6.07, 6.45) is -2.97. The maximum atomic E-state index is 12.4. The molecular formula is C9H4BrF3N2. The van der Waals surface area contributed by atoms with Crippen LogP contribution in [0, 0.1) is 0 Å². The van der Waals surface area contributed by atoms with Crippen molar-refractivity contribution >= 4 is 26.8 Å². The van der Waals surface area contributed by atoms with Crippen LogP contribution >= 0.6 is 15.9 Å². The van der Waals surface area contributed by atoms with Crippen LogP contribution in [0.3, 0.4) is 0 Å². The summed E-state index contributed by atoms with van der Waals surface area (Å²) in [4.78, 5) is 0. The van der Waals surface area contributed by atoms with Crippen molar-refractivity contribution in [3.63, 3.8) is 0 Å². The molecule has 0 spiro atoms. The van der Waals surface area contributed by atoms with Crippen molar-refractivity contribution in [2.75, 3.05) is 0 Å². The number of rotatable bonds is 0. The van der Waals surface area contributed by atoms with Gasteiger partial charge >= 0.3 is 6.18 Å². The van der Waals surface area contributed by atoms with Crippen molar-refractivity contribution in [1.29, 1.82) is 0 Å². The Bertz CT molecular complexity index is 510. The van der Waals surface area contributed by atoms with E-state index in [4.69, 9.17) is 0 Å². The van der Waals surface area contributed by atoms with Crippen LogP contribution in [0.1, 0.15) is 5.56 Å². The van der Waals surface area contributed by atoms with Crippen LogP contribution in [0.5, 0.6) is 0 Å². The van der Waals surface area contributed by atoms with Gasteiger partial charge in [-0.1, -0.05) is 0 Å². The number of benzene rings is 1.